The number of aliphatic hydroxyl groups is 1. The summed E-state index contributed by atoms with van der Waals surface area (Å²) in [5, 5.41) is 17.9. The van der Waals surface area contributed by atoms with Crippen LogP contribution in [0.25, 0.3) is 17.2 Å². The molecule has 32 heavy (non-hydrogen) atoms. The smallest absolute Gasteiger partial charge is 0.283 e. The van der Waals surface area contributed by atoms with E-state index in [9.17, 15) is 18.0 Å². The highest BCUT2D eigenvalue weighted by molar-refractivity contribution is 5.94. The van der Waals surface area contributed by atoms with Crippen LogP contribution in [0.2, 0.25) is 0 Å². The molecule has 0 radical (unpaired) electrons. The molecule has 0 spiro atoms. The summed E-state index contributed by atoms with van der Waals surface area (Å²) in [6, 6.07) is 0. The van der Waals surface area contributed by atoms with Gasteiger partial charge in [0.05, 0.1) is 18.9 Å². The molecule has 0 saturated heterocycles. The van der Waals surface area contributed by atoms with Gasteiger partial charge >= 0.3 is 0 Å². The minimum absolute atomic E-state index is 0.214. The van der Waals surface area contributed by atoms with Crippen LogP contribution in [0.1, 0.15) is 5.56 Å². The van der Waals surface area contributed by atoms with Crippen molar-refractivity contribution in [1.29, 1.82) is 0 Å². The molecule has 0 fully saturated rings. The van der Waals surface area contributed by atoms with Gasteiger partial charge in [0, 0.05) is 53.9 Å². The summed E-state index contributed by atoms with van der Waals surface area (Å²) < 4.78 is 41.1. The molecule has 0 atom stereocenters. The Balaban J connectivity index is 1.66. The Morgan fingerprint density at radius 3 is 2.84 bits per heavy atom. The summed E-state index contributed by atoms with van der Waals surface area (Å²) in [7, 11) is 0. The van der Waals surface area contributed by atoms with E-state index < -0.39 is 30.8 Å². The lowest BCUT2D eigenvalue weighted by atomic mass is 10.0. The Bertz CT molecular complexity index is 1050. The SMILES string of the molecule is O=C(/C=C/c1cncc(F)c1-c1cn[nH]c1)NC1=C/C=C/CN(CC(F)(F)CO)C\C=C\1. The molecule has 0 saturated carbocycles. The number of H-pyrrole nitrogens is 1. The summed E-state index contributed by atoms with van der Waals surface area (Å²) in [4.78, 5) is 17.7. The fourth-order valence-corrected chi connectivity index (χ4v) is 3.05. The van der Waals surface area contributed by atoms with Crippen LogP contribution in [0.15, 0.2) is 66.9 Å². The third-order valence-electron chi connectivity index (χ3n) is 4.52. The van der Waals surface area contributed by atoms with Crippen LogP contribution >= 0.6 is 0 Å². The van der Waals surface area contributed by atoms with E-state index in [0.29, 0.717) is 16.8 Å². The Morgan fingerprint density at radius 1 is 1.28 bits per heavy atom. The number of nitrogens with one attached hydrogen (secondary N) is 2. The number of hydrogen-bond donors (Lipinski definition) is 3. The number of rotatable bonds is 7. The minimum Gasteiger partial charge on any atom is -0.390 e. The molecule has 1 aliphatic rings. The number of hydrogen-bond acceptors (Lipinski definition) is 5. The third kappa shape index (κ3) is 6.50. The lowest BCUT2D eigenvalue weighted by Gasteiger charge is -2.23. The minimum atomic E-state index is -3.19. The molecule has 2 aromatic heterocycles. The summed E-state index contributed by atoms with van der Waals surface area (Å²) in [6.07, 6.45) is 16.4. The molecule has 3 heterocycles. The van der Waals surface area contributed by atoms with Crippen molar-refractivity contribution in [1.82, 2.24) is 25.4 Å². The van der Waals surface area contributed by atoms with E-state index in [-0.39, 0.29) is 18.7 Å². The van der Waals surface area contributed by atoms with Gasteiger partial charge < -0.3 is 10.4 Å². The zero-order valence-corrected chi connectivity index (χ0v) is 17.0. The van der Waals surface area contributed by atoms with E-state index in [1.165, 1.54) is 35.6 Å². The first kappa shape index (κ1) is 23.2. The van der Waals surface area contributed by atoms with Crippen LogP contribution in [0.4, 0.5) is 13.2 Å². The predicted molar refractivity (Wildman–Crippen MR) is 114 cm³/mol. The number of alkyl halides is 2. The third-order valence-corrected chi connectivity index (χ3v) is 4.52. The van der Waals surface area contributed by atoms with Crippen molar-refractivity contribution in [2.45, 2.75) is 5.92 Å². The average Bonchev–Trinajstić information content (AvgIpc) is 3.31. The van der Waals surface area contributed by atoms with E-state index in [1.807, 2.05) is 0 Å². The first-order valence-electron chi connectivity index (χ1n) is 9.74. The lowest BCUT2D eigenvalue weighted by molar-refractivity contribution is -0.115. The monoisotopic (exact) mass is 445 g/mol. The number of aliphatic hydroxyl groups excluding tert-OH is 1. The number of carbonyl (C=O) groups excluding carboxylic acids is 1. The number of aromatic amines is 1. The van der Waals surface area contributed by atoms with Crippen molar-refractivity contribution in [3.05, 3.63) is 78.3 Å². The van der Waals surface area contributed by atoms with Gasteiger partial charge in [-0.1, -0.05) is 18.2 Å². The number of pyridine rings is 1. The normalized spacial score (nSPS) is 18.9. The highest BCUT2D eigenvalue weighted by atomic mass is 19.3. The largest absolute Gasteiger partial charge is 0.390 e. The first-order chi connectivity index (χ1) is 15.4. The summed E-state index contributed by atoms with van der Waals surface area (Å²) in [5.41, 5.74) is 1.65. The molecule has 7 nitrogen and oxygen atoms in total. The Hall–Kier alpha value is -3.50. The molecule has 0 aromatic carbocycles. The zero-order valence-electron chi connectivity index (χ0n) is 17.0. The maximum absolute atomic E-state index is 14.3. The van der Waals surface area contributed by atoms with E-state index >= 15 is 0 Å². The maximum Gasteiger partial charge on any atom is 0.283 e. The van der Waals surface area contributed by atoms with Crippen LogP contribution in [-0.2, 0) is 4.79 Å². The van der Waals surface area contributed by atoms with Gasteiger partial charge in [-0.15, -0.1) is 0 Å². The second-order valence-corrected chi connectivity index (χ2v) is 7.06. The molecule has 3 N–H and O–H groups in total. The maximum atomic E-state index is 14.3. The molecular formula is C22H22F3N5O2. The van der Waals surface area contributed by atoms with Gasteiger partial charge in [-0.25, -0.2) is 13.2 Å². The number of allylic oxidation sites excluding steroid dienone is 3. The molecule has 0 aliphatic carbocycles. The van der Waals surface area contributed by atoms with Crippen LogP contribution in [0, 0.1) is 5.82 Å². The fraction of sp³-hybridized carbons (Fsp3) is 0.227. The molecule has 3 rings (SSSR count). The van der Waals surface area contributed by atoms with Crippen molar-refractivity contribution in [2.24, 2.45) is 0 Å². The Morgan fingerprint density at radius 2 is 2.09 bits per heavy atom. The summed E-state index contributed by atoms with van der Waals surface area (Å²) >= 11 is 0. The van der Waals surface area contributed by atoms with Crippen molar-refractivity contribution >= 4 is 12.0 Å². The van der Waals surface area contributed by atoms with E-state index in [1.54, 1.807) is 30.4 Å². The second kappa shape index (κ2) is 10.7. The van der Waals surface area contributed by atoms with Crippen molar-refractivity contribution in [2.75, 3.05) is 26.2 Å². The van der Waals surface area contributed by atoms with E-state index in [0.717, 1.165) is 6.20 Å². The van der Waals surface area contributed by atoms with Crippen LogP contribution in [-0.4, -0.2) is 63.3 Å². The van der Waals surface area contributed by atoms with Gasteiger partial charge in [0.15, 0.2) is 0 Å². The highest BCUT2D eigenvalue weighted by Crippen LogP contribution is 2.26. The van der Waals surface area contributed by atoms with Crippen molar-refractivity contribution in [3.63, 3.8) is 0 Å². The topological polar surface area (TPSA) is 94.1 Å². The van der Waals surface area contributed by atoms with Crippen molar-refractivity contribution < 1.29 is 23.1 Å². The number of aromatic nitrogens is 3. The number of nitrogens with zero attached hydrogens (tertiary/aromatic N) is 3. The van der Waals surface area contributed by atoms with Gasteiger partial charge in [0.1, 0.15) is 12.4 Å². The standard InChI is InChI=1S/C22H22F3N5O2/c23-19-13-26-10-16(21(19)17-11-27-28-12-17)6-7-20(32)29-18-4-1-2-8-30(9-3-5-18)14-22(24,25)15-31/h1-7,10-13,31H,8-9,14-15H2,(H,27,28)(H,29,32)/b2-1+,5-3+,7-6+,18-4+. The quantitative estimate of drug-likeness (QED) is 0.570. The fourth-order valence-electron chi connectivity index (χ4n) is 3.05. The number of amides is 1. The van der Waals surface area contributed by atoms with Crippen molar-refractivity contribution in [3.8, 4) is 11.1 Å². The average molecular weight is 445 g/mol. The Kier molecular flexibility index (Phi) is 7.74. The van der Waals surface area contributed by atoms with Gasteiger partial charge in [-0.3, -0.25) is 19.8 Å². The van der Waals surface area contributed by atoms with E-state index in [2.05, 4.69) is 20.5 Å². The lowest BCUT2D eigenvalue weighted by Crippen LogP contribution is -2.39. The van der Waals surface area contributed by atoms with Gasteiger partial charge in [0.25, 0.3) is 5.92 Å². The molecule has 2 aromatic rings. The molecule has 0 bridgehead atoms. The molecule has 1 aliphatic heterocycles. The number of carbonyl (C=O) groups is 1. The van der Waals surface area contributed by atoms with E-state index in [4.69, 9.17) is 5.11 Å². The van der Waals surface area contributed by atoms with Gasteiger partial charge in [-0.05, 0) is 18.2 Å². The Labute approximate surface area is 182 Å². The first-order valence-corrected chi connectivity index (χ1v) is 9.74. The van der Waals surface area contributed by atoms with Crippen LogP contribution < -0.4 is 5.32 Å². The molecule has 168 valence electrons. The second-order valence-electron chi connectivity index (χ2n) is 7.06. The molecule has 0 unspecified atom stereocenters. The zero-order chi connectivity index (χ0) is 23.0. The predicted octanol–water partition coefficient (Wildman–Crippen LogP) is 2.68. The highest BCUT2D eigenvalue weighted by Gasteiger charge is 2.30. The molecule has 1 amide bonds. The van der Waals surface area contributed by atoms with Crippen LogP contribution in [0.5, 0.6) is 0 Å². The molecular weight excluding hydrogens is 423 g/mol. The summed E-state index contributed by atoms with van der Waals surface area (Å²) in [5.74, 6) is -4.19. The number of halogens is 3. The van der Waals surface area contributed by atoms with Gasteiger partial charge in [0.2, 0.25) is 5.91 Å². The van der Waals surface area contributed by atoms with Crippen LogP contribution in [0.3, 0.4) is 0 Å². The molecule has 10 heteroatoms. The van der Waals surface area contributed by atoms with Gasteiger partial charge in [-0.2, -0.15) is 5.10 Å². The summed E-state index contributed by atoms with van der Waals surface area (Å²) in [6.45, 7) is -1.32.